The van der Waals surface area contributed by atoms with Crippen LogP contribution in [0, 0.1) is 0 Å². The summed E-state index contributed by atoms with van der Waals surface area (Å²) in [5.41, 5.74) is 1.73. The number of aromatic carboxylic acids is 1. The van der Waals surface area contributed by atoms with Crippen LogP contribution in [0.3, 0.4) is 0 Å². The van der Waals surface area contributed by atoms with Crippen LogP contribution in [0.5, 0.6) is 5.75 Å². The lowest BCUT2D eigenvalue weighted by molar-refractivity contribution is 0.0683. The number of carbonyl (C=O) groups is 1. The Morgan fingerprint density at radius 3 is 2.35 bits per heavy atom. The second-order valence-corrected chi connectivity index (χ2v) is 6.54. The molecule has 0 spiro atoms. The number of aliphatic imine (C=N–C) groups is 1. The van der Waals surface area contributed by atoms with Gasteiger partial charge in [0, 0.05) is 12.0 Å². The Balaban J connectivity index is 1.96. The summed E-state index contributed by atoms with van der Waals surface area (Å²) in [5.74, 6) is -1.57. The second-order valence-electron chi connectivity index (χ2n) is 6.54. The van der Waals surface area contributed by atoms with Gasteiger partial charge in [-0.3, -0.25) is 9.79 Å². The van der Waals surface area contributed by atoms with E-state index in [1.807, 2.05) is 60.7 Å². The van der Waals surface area contributed by atoms with Gasteiger partial charge in [-0.05, 0) is 17.8 Å². The number of aromatic amines is 1. The first kappa shape index (κ1) is 21.4. The Morgan fingerprint density at radius 2 is 1.77 bits per heavy atom. The van der Waals surface area contributed by atoms with E-state index in [2.05, 4.69) is 28.3 Å². The summed E-state index contributed by atoms with van der Waals surface area (Å²) in [5, 5.41) is 9.58. The van der Waals surface area contributed by atoms with Gasteiger partial charge in [-0.2, -0.15) is 0 Å². The highest BCUT2D eigenvalue weighted by Gasteiger charge is 2.20. The molecule has 0 amide bonds. The van der Waals surface area contributed by atoms with Crippen LogP contribution in [0.15, 0.2) is 88.8 Å². The smallest absolute Gasteiger partial charge is 0.358 e. The topological polar surface area (TPSA) is 105 Å². The van der Waals surface area contributed by atoms with Gasteiger partial charge in [0.15, 0.2) is 5.69 Å². The maximum absolute atomic E-state index is 12.6. The van der Waals surface area contributed by atoms with Gasteiger partial charge < -0.3 is 14.8 Å². The van der Waals surface area contributed by atoms with E-state index in [4.69, 9.17) is 4.74 Å². The van der Waals surface area contributed by atoms with Crippen molar-refractivity contribution < 1.29 is 14.6 Å². The van der Waals surface area contributed by atoms with Gasteiger partial charge >= 0.3 is 5.97 Å². The minimum absolute atomic E-state index is 0.0409. The Labute approximate surface area is 179 Å². The minimum Gasteiger partial charge on any atom is -0.481 e. The SMILES string of the molecule is C=C/C(=C(/Cc1nc(C(=O)O)c(OCc2ccccc2)c(=O)[nH]1)N=C)c1ccccc1. The lowest BCUT2D eigenvalue weighted by Gasteiger charge is -2.11. The molecule has 31 heavy (non-hydrogen) atoms. The third-order valence-electron chi connectivity index (χ3n) is 4.48. The number of aromatic nitrogens is 2. The molecule has 0 saturated carbocycles. The minimum atomic E-state index is -1.36. The first-order chi connectivity index (χ1) is 15.0. The summed E-state index contributed by atoms with van der Waals surface area (Å²) in [6, 6.07) is 18.5. The molecule has 0 bridgehead atoms. The fraction of sp³-hybridized carbons (Fsp3) is 0.0833. The van der Waals surface area contributed by atoms with E-state index in [9.17, 15) is 14.7 Å². The van der Waals surface area contributed by atoms with Crippen LogP contribution in [0.1, 0.15) is 27.4 Å². The summed E-state index contributed by atoms with van der Waals surface area (Å²) < 4.78 is 5.49. The van der Waals surface area contributed by atoms with E-state index >= 15 is 0 Å². The summed E-state index contributed by atoms with van der Waals surface area (Å²) in [6.07, 6.45) is 1.70. The van der Waals surface area contributed by atoms with E-state index in [1.54, 1.807) is 6.08 Å². The first-order valence-electron chi connectivity index (χ1n) is 9.44. The number of allylic oxidation sites excluding steroid dienone is 3. The van der Waals surface area contributed by atoms with Gasteiger partial charge in [-0.1, -0.05) is 73.3 Å². The molecule has 1 aromatic heterocycles. The Hall–Kier alpha value is -4.26. The van der Waals surface area contributed by atoms with Gasteiger partial charge in [0.1, 0.15) is 12.4 Å². The van der Waals surface area contributed by atoms with E-state index in [1.165, 1.54) is 0 Å². The van der Waals surface area contributed by atoms with Crippen molar-refractivity contribution in [1.29, 1.82) is 0 Å². The van der Waals surface area contributed by atoms with Gasteiger partial charge in [-0.15, -0.1) is 0 Å². The monoisotopic (exact) mass is 415 g/mol. The van der Waals surface area contributed by atoms with Crippen LogP contribution in [-0.4, -0.2) is 27.8 Å². The van der Waals surface area contributed by atoms with Gasteiger partial charge in [0.05, 0.1) is 5.70 Å². The van der Waals surface area contributed by atoms with Crippen molar-refractivity contribution in [3.63, 3.8) is 0 Å². The lowest BCUT2D eigenvalue weighted by atomic mass is 10.0. The number of nitrogens with one attached hydrogen (secondary N) is 1. The number of carboxylic acid groups (broad SMARTS) is 1. The van der Waals surface area contributed by atoms with Crippen molar-refractivity contribution in [3.8, 4) is 5.75 Å². The molecule has 3 aromatic rings. The molecule has 0 saturated heterocycles. The van der Waals surface area contributed by atoms with Gasteiger partial charge in [-0.25, -0.2) is 9.78 Å². The Bertz CT molecular complexity index is 1180. The van der Waals surface area contributed by atoms with E-state index < -0.39 is 17.2 Å². The predicted octanol–water partition coefficient (Wildman–Crippen LogP) is 3.89. The van der Waals surface area contributed by atoms with Crippen LogP contribution < -0.4 is 10.3 Å². The molecule has 0 aliphatic heterocycles. The standard InChI is InChI=1S/C24H21N3O4/c1-3-18(17-12-8-5-9-13-17)19(25-2)14-20-26-21(24(29)30)22(23(28)27-20)31-15-16-10-6-4-7-11-16/h3-13H,1-2,14-15H2,(H,29,30)(H,26,27,28)/b19-18+. The summed E-state index contributed by atoms with van der Waals surface area (Å²) in [4.78, 5) is 35.1. The highest BCUT2D eigenvalue weighted by atomic mass is 16.5. The van der Waals surface area contributed by atoms with Crippen LogP contribution in [0.4, 0.5) is 0 Å². The van der Waals surface area contributed by atoms with Crippen molar-refractivity contribution >= 4 is 18.3 Å². The molecule has 0 aliphatic carbocycles. The van der Waals surface area contributed by atoms with Crippen molar-refractivity contribution in [2.75, 3.05) is 0 Å². The normalized spacial score (nSPS) is 11.4. The molecular formula is C24H21N3O4. The molecule has 0 radical (unpaired) electrons. The lowest BCUT2D eigenvalue weighted by Crippen LogP contribution is -2.21. The quantitative estimate of drug-likeness (QED) is 0.408. The average molecular weight is 415 g/mol. The summed E-state index contributed by atoms with van der Waals surface area (Å²) in [7, 11) is 0. The molecule has 2 N–H and O–H groups in total. The molecule has 1 heterocycles. The summed E-state index contributed by atoms with van der Waals surface area (Å²) >= 11 is 0. The number of ether oxygens (including phenoxy) is 1. The molecule has 2 aromatic carbocycles. The number of carboxylic acids is 1. The van der Waals surface area contributed by atoms with Crippen LogP contribution in [0.25, 0.3) is 5.57 Å². The second kappa shape index (κ2) is 9.98. The van der Waals surface area contributed by atoms with Gasteiger partial charge in [0.2, 0.25) is 5.75 Å². The average Bonchev–Trinajstić information content (AvgIpc) is 2.79. The molecule has 0 atom stereocenters. The molecule has 7 heteroatoms. The third kappa shape index (κ3) is 5.22. The van der Waals surface area contributed by atoms with Gasteiger partial charge in [0.25, 0.3) is 5.56 Å². The zero-order valence-electron chi connectivity index (χ0n) is 16.7. The number of hydrogen-bond donors (Lipinski definition) is 2. The third-order valence-corrected chi connectivity index (χ3v) is 4.48. The Morgan fingerprint density at radius 1 is 1.13 bits per heavy atom. The molecular weight excluding hydrogens is 394 g/mol. The number of nitrogens with zero attached hydrogens (tertiary/aromatic N) is 2. The van der Waals surface area contributed by atoms with Crippen LogP contribution in [-0.2, 0) is 13.0 Å². The van der Waals surface area contributed by atoms with Crippen LogP contribution in [0.2, 0.25) is 0 Å². The largest absolute Gasteiger partial charge is 0.481 e. The molecule has 0 unspecified atom stereocenters. The maximum Gasteiger partial charge on any atom is 0.358 e. The zero-order valence-corrected chi connectivity index (χ0v) is 16.7. The molecule has 3 rings (SSSR count). The highest BCUT2D eigenvalue weighted by Crippen LogP contribution is 2.23. The van der Waals surface area contributed by atoms with Crippen molar-refractivity contribution in [3.05, 3.63) is 112 Å². The molecule has 0 aliphatic rings. The van der Waals surface area contributed by atoms with Crippen molar-refractivity contribution in [2.24, 2.45) is 4.99 Å². The predicted molar refractivity (Wildman–Crippen MR) is 119 cm³/mol. The number of rotatable bonds is 9. The number of benzene rings is 2. The summed E-state index contributed by atoms with van der Waals surface area (Å²) in [6.45, 7) is 7.46. The zero-order chi connectivity index (χ0) is 22.2. The molecule has 156 valence electrons. The number of H-pyrrole nitrogens is 1. The highest BCUT2D eigenvalue weighted by molar-refractivity contribution is 5.88. The van der Waals surface area contributed by atoms with Crippen molar-refractivity contribution in [2.45, 2.75) is 13.0 Å². The van der Waals surface area contributed by atoms with Crippen molar-refractivity contribution in [1.82, 2.24) is 9.97 Å². The number of hydrogen-bond acceptors (Lipinski definition) is 5. The fourth-order valence-electron chi connectivity index (χ4n) is 3.02. The van der Waals surface area contributed by atoms with Crippen LogP contribution >= 0.6 is 0 Å². The first-order valence-corrected chi connectivity index (χ1v) is 9.44. The molecule has 7 nitrogen and oxygen atoms in total. The van der Waals surface area contributed by atoms with E-state index in [-0.39, 0.29) is 24.6 Å². The molecule has 0 fully saturated rings. The van der Waals surface area contributed by atoms with E-state index in [0.29, 0.717) is 11.3 Å². The fourth-order valence-corrected chi connectivity index (χ4v) is 3.02. The van der Waals surface area contributed by atoms with E-state index in [0.717, 1.165) is 11.1 Å². The Kier molecular flexibility index (Phi) is 6.90. The maximum atomic E-state index is 12.6.